The monoisotopic (exact) mass is 261 g/mol. The van der Waals surface area contributed by atoms with Crippen LogP contribution in [0.1, 0.15) is 24.5 Å². The summed E-state index contributed by atoms with van der Waals surface area (Å²) in [5.74, 6) is 0.255. The van der Waals surface area contributed by atoms with Crippen LogP contribution in [0.3, 0.4) is 0 Å². The van der Waals surface area contributed by atoms with E-state index in [9.17, 15) is 4.79 Å². The number of nitrogens with zero attached hydrogens (tertiary/aromatic N) is 1. The van der Waals surface area contributed by atoms with Gasteiger partial charge in [0.05, 0.1) is 11.6 Å². The average Bonchev–Trinajstić information content (AvgIpc) is 2.44. The van der Waals surface area contributed by atoms with E-state index in [-0.39, 0.29) is 18.6 Å². The first-order valence-corrected chi connectivity index (χ1v) is 6.27. The molecule has 0 spiro atoms. The fraction of sp³-hybridized carbons (Fsp3) is 0.429. The summed E-state index contributed by atoms with van der Waals surface area (Å²) in [6.45, 7) is 3.07. The van der Waals surface area contributed by atoms with Crippen molar-refractivity contribution in [3.63, 3.8) is 0 Å². The lowest BCUT2D eigenvalue weighted by Crippen LogP contribution is -2.37. The molecule has 19 heavy (non-hydrogen) atoms. The highest BCUT2D eigenvalue weighted by atomic mass is 16.3. The molecule has 0 fully saturated rings. The molecule has 0 aliphatic rings. The quantitative estimate of drug-likeness (QED) is 0.723. The Morgan fingerprint density at radius 3 is 2.63 bits per heavy atom. The third kappa shape index (κ3) is 5.89. The van der Waals surface area contributed by atoms with Crippen LogP contribution in [0.4, 0.5) is 4.79 Å². The van der Waals surface area contributed by atoms with Gasteiger partial charge < -0.3 is 15.7 Å². The van der Waals surface area contributed by atoms with Crippen LogP contribution in [0.5, 0.6) is 0 Å². The van der Waals surface area contributed by atoms with Crippen LogP contribution in [0.25, 0.3) is 0 Å². The number of urea groups is 1. The summed E-state index contributed by atoms with van der Waals surface area (Å²) in [4.78, 5) is 11.5. The number of aliphatic hydroxyl groups is 1. The van der Waals surface area contributed by atoms with Crippen LogP contribution in [-0.2, 0) is 6.54 Å². The fourth-order valence-electron chi connectivity index (χ4n) is 1.53. The maximum Gasteiger partial charge on any atom is 0.315 e. The third-order valence-electron chi connectivity index (χ3n) is 2.77. The number of benzene rings is 1. The fourth-order valence-corrected chi connectivity index (χ4v) is 1.53. The molecule has 1 atom stereocenters. The molecule has 5 heteroatoms. The lowest BCUT2D eigenvalue weighted by Gasteiger charge is -2.12. The molecule has 5 nitrogen and oxygen atoms in total. The first kappa shape index (κ1) is 15.0. The molecular formula is C14H19N3O2. The van der Waals surface area contributed by atoms with Crippen LogP contribution in [-0.4, -0.2) is 24.3 Å². The number of amides is 2. The highest BCUT2D eigenvalue weighted by Crippen LogP contribution is 2.02. The minimum Gasteiger partial charge on any atom is -0.396 e. The summed E-state index contributed by atoms with van der Waals surface area (Å²) < 4.78 is 0. The van der Waals surface area contributed by atoms with Gasteiger partial charge in [0.15, 0.2) is 0 Å². The molecule has 1 aromatic rings. The van der Waals surface area contributed by atoms with E-state index < -0.39 is 0 Å². The normalized spacial score (nSPS) is 11.4. The molecule has 0 saturated carbocycles. The zero-order valence-corrected chi connectivity index (χ0v) is 11.0. The predicted octanol–water partition coefficient (Wildman–Crippen LogP) is 1.38. The third-order valence-corrected chi connectivity index (χ3v) is 2.77. The Kier molecular flexibility index (Phi) is 6.41. The highest BCUT2D eigenvalue weighted by molar-refractivity contribution is 5.73. The SMILES string of the molecule is CC(CCO)CNC(=O)NCc1ccc(C#N)cc1. The Labute approximate surface area is 113 Å². The van der Waals surface area contributed by atoms with Crippen molar-refractivity contribution in [3.8, 4) is 6.07 Å². The second-order valence-electron chi connectivity index (χ2n) is 4.49. The predicted molar refractivity (Wildman–Crippen MR) is 72.3 cm³/mol. The molecule has 0 aromatic heterocycles. The average molecular weight is 261 g/mol. The number of rotatable bonds is 6. The van der Waals surface area contributed by atoms with E-state index in [0.717, 1.165) is 5.56 Å². The first-order chi connectivity index (χ1) is 9.15. The van der Waals surface area contributed by atoms with Crippen molar-refractivity contribution in [2.24, 2.45) is 5.92 Å². The van der Waals surface area contributed by atoms with E-state index in [2.05, 4.69) is 10.6 Å². The van der Waals surface area contributed by atoms with E-state index >= 15 is 0 Å². The topological polar surface area (TPSA) is 85.2 Å². The summed E-state index contributed by atoms with van der Waals surface area (Å²) in [7, 11) is 0. The Morgan fingerprint density at radius 2 is 2.05 bits per heavy atom. The first-order valence-electron chi connectivity index (χ1n) is 6.27. The van der Waals surface area contributed by atoms with Gasteiger partial charge in [0.25, 0.3) is 0 Å². The number of nitriles is 1. The Hall–Kier alpha value is -2.06. The standard InChI is InChI=1S/C14H19N3O2/c1-11(6-7-18)9-16-14(19)17-10-13-4-2-12(8-15)3-5-13/h2-5,11,18H,6-7,9-10H2,1H3,(H2,16,17,19). The van der Waals surface area contributed by atoms with Crippen molar-refractivity contribution in [2.75, 3.05) is 13.2 Å². The van der Waals surface area contributed by atoms with Gasteiger partial charge >= 0.3 is 6.03 Å². The van der Waals surface area contributed by atoms with E-state index in [1.807, 2.05) is 25.1 Å². The molecule has 0 saturated heterocycles. The van der Waals surface area contributed by atoms with Gasteiger partial charge in [-0.05, 0) is 30.0 Å². The summed E-state index contributed by atoms with van der Waals surface area (Å²) in [6.07, 6.45) is 0.676. The number of nitrogens with one attached hydrogen (secondary N) is 2. The molecule has 0 radical (unpaired) electrons. The summed E-state index contributed by atoms with van der Waals surface area (Å²) in [5, 5.41) is 22.9. The molecule has 1 aromatic carbocycles. The van der Waals surface area contributed by atoms with Crippen molar-refractivity contribution in [3.05, 3.63) is 35.4 Å². The van der Waals surface area contributed by atoms with Gasteiger partial charge in [0, 0.05) is 19.7 Å². The summed E-state index contributed by atoms with van der Waals surface area (Å²) in [5.41, 5.74) is 1.54. The van der Waals surface area contributed by atoms with Crippen LogP contribution < -0.4 is 10.6 Å². The van der Waals surface area contributed by atoms with E-state index in [1.165, 1.54) is 0 Å². The molecule has 1 unspecified atom stereocenters. The lowest BCUT2D eigenvalue weighted by atomic mass is 10.1. The van der Waals surface area contributed by atoms with E-state index in [4.69, 9.17) is 10.4 Å². The minimum absolute atomic E-state index is 0.135. The number of aliphatic hydroxyl groups excluding tert-OH is 1. The van der Waals surface area contributed by atoms with Crippen molar-refractivity contribution in [2.45, 2.75) is 19.9 Å². The second-order valence-corrected chi connectivity index (χ2v) is 4.49. The molecule has 0 bridgehead atoms. The molecule has 0 heterocycles. The molecule has 0 aliphatic carbocycles. The molecule has 1 rings (SSSR count). The molecule has 0 aliphatic heterocycles. The number of hydrogen-bond acceptors (Lipinski definition) is 3. The van der Waals surface area contributed by atoms with E-state index in [0.29, 0.717) is 25.1 Å². The van der Waals surface area contributed by atoms with Crippen molar-refractivity contribution in [1.29, 1.82) is 5.26 Å². The van der Waals surface area contributed by atoms with Crippen LogP contribution in [0, 0.1) is 17.2 Å². The largest absolute Gasteiger partial charge is 0.396 e. The van der Waals surface area contributed by atoms with Gasteiger partial charge in [-0.15, -0.1) is 0 Å². The smallest absolute Gasteiger partial charge is 0.315 e. The maximum absolute atomic E-state index is 11.5. The Bertz CT molecular complexity index is 437. The Balaban J connectivity index is 2.28. The zero-order valence-electron chi connectivity index (χ0n) is 11.0. The van der Waals surface area contributed by atoms with Crippen molar-refractivity contribution >= 4 is 6.03 Å². The van der Waals surface area contributed by atoms with Crippen LogP contribution in [0.15, 0.2) is 24.3 Å². The zero-order chi connectivity index (χ0) is 14.1. The van der Waals surface area contributed by atoms with Crippen LogP contribution in [0.2, 0.25) is 0 Å². The molecule has 3 N–H and O–H groups in total. The minimum atomic E-state index is -0.228. The molecule has 2 amide bonds. The highest BCUT2D eigenvalue weighted by Gasteiger charge is 2.04. The molecule has 102 valence electrons. The van der Waals surface area contributed by atoms with Crippen LogP contribution >= 0.6 is 0 Å². The summed E-state index contributed by atoms with van der Waals surface area (Å²) >= 11 is 0. The lowest BCUT2D eigenvalue weighted by molar-refractivity contribution is 0.233. The Morgan fingerprint density at radius 1 is 1.37 bits per heavy atom. The van der Waals surface area contributed by atoms with Gasteiger partial charge in [-0.1, -0.05) is 19.1 Å². The maximum atomic E-state index is 11.5. The van der Waals surface area contributed by atoms with Gasteiger partial charge in [-0.25, -0.2) is 4.79 Å². The van der Waals surface area contributed by atoms with Gasteiger partial charge in [-0.2, -0.15) is 5.26 Å². The number of carbonyl (C=O) groups excluding carboxylic acids is 1. The second kappa shape index (κ2) is 8.11. The van der Waals surface area contributed by atoms with Gasteiger partial charge in [0.1, 0.15) is 0 Å². The summed E-state index contributed by atoms with van der Waals surface area (Å²) in [6, 6.07) is 8.88. The molecular weight excluding hydrogens is 242 g/mol. The van der Waals surface area contributed by atoms with Gasteiger partial charge in [0.2, 0.25) is 0 Å². The van der Waals surface area contributed by atoms with Crippen molar-refractivity contribution < 1.29 is 9.90 Å². The van der Waals surface area contributed by atoms with Gasteiger partial charge in [-0.3, -0.25) is 0 Å². The number of hydrogen-bond donors (Lipinski definition) is 3. The number of carbonyl (C=O) groups is 1. The van der Waals surface area contributed by atoms with E-state index in [1.54, 1.807) is 12.1 Å². The van der Waals surface area contributed by atoms with Crippen molar-refractivity contribution in [1.82, 2.24) is 10.6 Å².